The summed E-state index contributed by atoms with van der Waals surface area (Å²) in [6.07, 6.45) is 0. The molecular formula is C23H33N3O4. The number of nitrogens with one attached hydrogen (secondary N) is 2. The molecule has 0 aliphatic rings. The number of nitrogens with zero attached hydrogens (tertiary/aromatic N) is 1. The van der Waals surface area contributed by atoms with Crippen LogP contribution in [-0.4, -0.2) is 47.0 Å². The number of hydrogen-bond acceptors (Lipinski definition) is 5. The Kier molecular flexibility index (Phi) is 9.12. The van der Waals surface area contributed by atoms with Crippen LogP contribution >= 0.6 is 0 Å². The van der Waals surface area contributed by atoms with Crippen molar-refractivity contribution >= 4 is 5.96 Å². The molecular weight excluding hydrogens is 382 g/mol. The Morgan fingerprint density at radius 3 is 2.07 bits per heavy atom. The highest BCUT2D eigenvalue weighted by molar-refractivity contribution is 5.79. The largest absolute Gasteiger partial charge is 0.493 e. The molecule has 2 N–H and O–H groups in total. The quantitative estimate of drug-likeness (QED) is 0.352. The predicted octanol–water partition coefficient (Wildman–Crippen LogP) is 3.46. The number of aliphatic imine (C=N–C) groups is 1. The summed E-state index contributed by atoms with van der Waals surface area (Å²) in [6, 6.07) is 9.95. The van der Waals surface area contributed by atoms with Crippen LogP contribution in [0.25, 0.3) is 0 Å². The molecule has 0 spiro atoms. The van der Waals surface area contributed by atoms with E-state index >= 15 is 0 Å². The topological polar surface area (TPSA) is 73.3 Å². The van der Waals surface area contributed by atoms with Gasteiger partial charge in [-0.25, -0.2) is 4.99 Å². The first-order valence-corrected chi connectivity index (χ1v) is 10.0. The van der Waals surface area contributed by atoms with E-state index in [2.05, 4.69) is 41.6 Å². The standard InChI is InChI=1S/C23H33N3O4/c1-7-24-23(25-11-12-30-21-16(2)9-8-10-17(21)3)26-15-18-13-19(27-4)22(29-6)20(14-18)28-5/h8-10,13-14H,7,11-12,15H2,1-6H3,(H2,24,25,26). The highest BCUT2D eigenvalue weighted by Gasteiger charge is 2.13. The summed E-state index contributed by atoms with van der Waals surface area (Å²) in [5.74, 6) is 3.46. The van der Waals surface area contributed by atoms with E-state index in [1.807, 2.05) is 25.1 Å². The first-order valence-electron chi connectivity index (χ1n) is 10.0. The molecule has 2 aromatic rings. The minimum Gasteiger partial charge on any atom is -0.493 e. The lowest BCUT2D eigenvalue weighted by Gasteiger charge is -2.15. The van der Waals surface area contributed by atoms with Crippen molar-refractivity contribution in [2.24, 2.45) is 4.99 Å². The van der Waals surface area contributed by atoms with Gasteiger partial charge in [-0.05, 0) is 49.6 Å². The van der Waals surface area contributed by atoms with E-state index < -0.39 is 0 Å². The Balaban J connectivity index is 2.00. The molecule has 0 atom stereocenters. The van der Waals surface area contributed by atoms with Gasteiger partial charge in [-0.15, -0.1) is 0 Å². The SMILES string of the molecule is CCNC(=NCc1cc(OC)c(OC)c(OC)c1)NCCOc1c(C)cccc1C. The van der Waals surface area contributed by atoms with Crippen molar-refractivity contribution in [2.45, 2.75) is 27.3 Å². The van der Waals surface area contributed by atoms with Crippen molar-refractivity contribution in [3.63, 3.8) is 0 Å². The van der Waals surface area contributed by atoms with Gasteiger partial charge in [0, 0.05) is 6.54 Å². The molecule has 0 aliphatic heterocycles. The number of benzene rings is 2. The lowest BCUT2D eigenvalue weighted by atomic mass is 10.1. The Hall–Kier alpha value is -3.09. The molecule has 2 aromatic carbocycles. The van der Waals surface area contributed by atoms with Crippen LogP contribution in [0.5, 0.6) is 23.0 Å². The zero-order valence-electron chi connectivity index (χ0n) is 18.8. The highest BCUT2D eigenvalue weighted by atomic mass is 16.5. The monoisotopic (exact) mass is 415 g/mol. The van der Waals surface area contributed by atoms with Crippen LogP contribution in [0.4, 0.5) is 0 Å². The number of para-hydroxylation sites is 1. The molecule has 0 unspecified atom stereocenters. The number of aryl methyl sites for hydroxylation is 2. The second-order valence-electron chi connectivity index (χ2n) is 6.72. The van der Waals surface area contributed by atoms with E-state index in [9.17, 15) is 0 Å². The zero-order chi connectivity index (χ0) is 21.9. The number of rotatable bonds is 10. The van der Waals surface area contributed by atoms with Crippen LogP contribution < -0.4 is 29.6 Å². The van der Waals surface area contributed by atoms with E-state index in [-0.39, 0.29) is 0 Å². The Morgan fingerprint density at radius 1 is 0.900 bits per heavy atom. The fourth-order valence-corrected chi connectivity index (χ4v) is 3.09. The Morgan fingerprint density at radius 2 is 1.53 bits per heavy atom. The molecule has 0 radical (unpaired) electrons. The molecule has 0 heterocycles. The van der Waals surface area contributed by atoms with Crippen molar-refractivity contribution < 1.29 is 18.9 Å². The van der Waals surface area contributed by atoms with Gasteiger partial charge in [0.15, 0.2) is 17.5 Å². The smallest absolute Gasteiger partial charge is 0.203 e. The van der Waals surface area contributed by atoms with Gasteiger partial charge in [0.1, 0.15) is 12.4 Å². The van der Waals surface area contributed by atoms with Crippen molar-refractivity contribution in [1.29, 1.82) is 0 Å². The van der Waals surface area contributed by atoms with Gasteiger partial charge in [-0.2, -0.15) is 0 Å². The second-order valence-corrected chi connectivity index (χ2v) is 6.72. The predicted molar refractivity (Wildman–Crippen MR) is 120 cm³/mol. The van der Waals surface area contributed by atoms with Crippen molar-refractivity contribution in [2.75, 3.05) is 41.0 Å². The lowest BCUT2D eigenvalue weighted by Crippen LogP contribution is -2.39. The first-order chi connectivity index (χ1) is 14.5. The average molecular weight is 416 g/mol. The van der Waals surface area contributed by atoms with Crippen molar-refractivity contribution in [3.05, 3.63) is 47.0 Å². The molecule has 164 valence electrons. The molecule has 0 amide bonds. The summed E-state index contributed by atoms with van der Waals surface area (Å²) >= 11 is 0. The van der Waals surface area contributed by atoms with Gasteiger partial charge in [0.2, 0.25) is 5.75 Å². The summed E-state index contributed by atoms with van der Waals surface area (Å²) in [5.41, 5.74) is 3.23. The maximum atomic E-state index is 5.95. The van der Waals surface area contributed by atoms with E-state index in [0.717, 1.165) is 34.9 Å². The maximum Gasteiger partial charge on any atom is 0.203 e. The lowest BCUT2D eigenvalue weighted by molar-refractivity contribution is 0.317. The Bertz CT molecular complexity index is 807. The van der Waals surface area contributed by atoms with Gasteiger partial charge >= 0.3 is 0 Å². The molecule has 0 fully saturated rings. The van der Waals surface area contributed by atoms with E-state index in [0.29, 0.717) is 36.9 Å². The molecule has 30 heavy (non-hydrogen) atoms. The first kappa shape index (κ1) is 23.2. The molecule has 0 saturated carbocycles. The van der Waals surface area contributed by atoms with Gasteiger partial charge in [-0.3, -0.25) is 0 Å². The fraction of sp³-hybridized carbons (Fsp3) is 0.435. The van der Waals surface area contributed by atoms with Crippen molar-refractivity contribution in [3.8, 4) is 23.0 Å². The summed E-state index contributed by atoms with van der Waals surface area (Å²) < 4.78 is 22.2. The Labute approximate surface area is 179 Å². The minimum atomic E-state index is 0.462. The van der Waals surface area contributed by atoms with Crippen LogP contribution in [0, 0.1) is 13.8 Å². The van der Waals surface area contributed by atoms with E-state index in [1.54, 1.807) is 21.3 Å². The third kappa shape index (κ3) is 6.20. The van der Waals surface area contributed by atoms with E-state index in [4.69, 9.17) is 18.9 Å². The maximum absolute atomic E-state index is 5.95. The van der Waals surface area contributed by atoms with Crippen LogP contribution in [0.3, 0.4) is 0 Å². The average Bonchev–Trinajstić information content (AvgIpc) is 2.75. The summed E-state index contributed by atoms with van der Waals surface area (Å²) in [5, 5.41) is 6.56. The van der Waals surface area contributed by atoms with Crippen LogP contribution in [0.2, 0.25) is 0 Å². The fourth-order valence-electron chi connectivity index (χ4n) is 3.09. The number of ether oxygens (including phenoxy) is 4. The van der Waals surface area contributed by atoms with Gasteiger partial charge in [0.05, 0.1) is 34.4 Å². The minimum absolute atomic E-state index is 0.462. The second kappa shape index (κ2) is 11.8. The van der Waals surface area contributed by atoms with Crippen molar-refractivity contribution in [1.82, 2.24) is 10.6 Å². The highest BCUT2D eigenvalue weighted by Crippen LogP contribution is 2.38. The number of guanidine groups is 1. The normalized spacial score (nSPS) is 11.1. The summed E-state index contributed by atoms with van der Waals surface area (Å²) in [4.78, 5) is 4.66. The molecule has 0 aliphatic carbocycles. The third-order valence-corrected chi connectivity index (χ3v) is 4.54. The molecule has 0 bridgehead atoms. The zero-order valence-corrected chi connectivity index (χ0v) is 18.8. The van der Waals surface area contributed by atoms with Gasteiger partial charge in [-0.1, -0.05) is 18.2 Å². The summed E-state index contributed by atoms with van der Waals surface area (Å²) in [6.45, 7) is 8.54. The summed E-state index contributed by atoms with van der Waals surface area (Å²) in [7, 11) is 4.80. The van der Waals surface area contributed by atoms with E-state index in [1.165, 1.54) is 0 Å². The number of hydrogen-bond donors (Lipinski definition) is 2. The van der Waals surface area contributed by atoms with Crippen LogP contribution in [0.15, 0.2) is 35.3 Å². The molecule has 2 rings (SSSR count). The van der Waals surface area contributed by atoms with Crippen LogP contribution in [-0.2, 0) is 6.54 Å². The van der Waals surface area contributed by atoms with Gasteiger partial charge < -0.3 is 29.6 Å². The molecule has 0 saturated heterocycles. The van der Waals surface area contributed by atoms with Gasteiger partial charge in [0.25, 0.3) is 0 Å². The number of methoxy groups -OCH3 is 3. The van der Waals surface area contributed by atoms with Crippen LogP contribution in [0.1, 0.15) is 23.6 Å². The molecule has 7 nitrogen and oxygen atoms in total. The third-order valence-electron chi connectivity index (χ3n) is 4.54. The molecule has 0 aromatic heterocycles. The molecule has 7 heteroatoms.